The van der Waals surface area contributed by atoms with Gasteiger partial charge < -0.3 is 15.4 Å². The molecule has 0 bridgehead atoms. The Kier molecular flexibility index (Phi) is 4.46. The van der Waals surface area contributed by atoms with Crippen molar-refractivity contribution in [2.24, 2.45) is 0 Å². The second kappa shape index (κ2) is 5.82. The summed E-state index contributed by atoms with van der Waals surface area (Å²) in [4.78, 5) is 2.31. The number of hydrogen-bond acceptors (Lipinski definition) is 5. The van der Waals surface area contributed by atoms with Crippen LogP contribution >= 0.6 is 0 Å². The lowest BCUT2D eigenvalue weighted by Crippen LogP contribution is -2.48. The zero-order valence-corrected chi connectivity index (χ0v) is 13.5. The Hall–Kier alpha value is -1.31. The standard InChI is InChI=1S/C14H23N3O3S/c1-4-16-21(18,19)11-5-6-12(15)13(9-11)17-7-8-20-14(2,3)10-17/h5-6,9,16H,4,7-8,10,15H2,1-3H3. The number of anilines is 2. The molecule has 0 aromatic heterocycles. The molecular weight excluding hydrogens is 290 g/mol. The molecule has 1 aromatic rings. The summed E-state index contributed by atoms with van der Waals surface area (Å²) in [5, 5.41) is 0. The van der Waals surface area contributed by atoms with E-state index in [0.29, 0.717) is 31.9 Å². The molecule has 1 aromatic carbocycles. The second-order valence-electron chi connectivity index (χ2n) is 5.75. The van der Waals surface area contributed by atoms with Gasteiger partial charge in [-0.15, -0.1) is 0 Å². The van der Waals surface area contributed by atoms with Crippen LogP contribution in [-0.2, 0) is 14.8 Å². The van der Waals surface area contributed by atoms with Crippen LogP contribution in [0, 0.1) is 0 Å². The van der Waals surface area contributed by atoms with Crippen LogP contribution in [0.3, 0.4) is 0 Å². The zero-order valence-electron chi connectivity index (χ0n) is 12.7. The van der Waals surface area contributed by atoms with E-state index < -0.39 is 10.0 Å². The number of nitrogens with two attached hydrogens (primary N) is 1. The second-order valence-corrected chi connectivity index (χ2v) is 7.52. The quantitative estimate of drug-likeness (QED) is 0.816. The van der Waals surface area contributed by atoms with Crippen molar-refractivity contribution < 1.29 is 13.2 Å². The Morgan fingerprint density at radius 3 is 2.76 bits per heavy atom. The van der Waals surface area contributed by atoms with Crippen molar-refractivity contribution in [1.82, 2.24) is 4.72 Å². The minimum Gasteiger partial charge on any atom is -0.397 e. The highest BCUT2D eigenvalue weighted by Crippen LogP contribution is 2.30. The minimum atomic E-state index is -3.48. The fourth-order valence-electron chi connectivity index (χ4n) is 2.46. The molecule has 0 atom stereocenters. The van der Waals surface area contributed by atoms with Gasteiger partial charge in [0, 0.05) is 19.6 Å². The predicted octanol–water partition coefficient (Wildman–Crippen LogP) is 1.18. The highest BCUT2D eigenvalue weighted by Gasteiger charge is 2.28. The highest BCUT2D eigenvalue weighted by atomic mass is 32.2. The summed E-state index contributed by atoms with van der Waals surface area (Å²) in [5.41, 5.74) is 7.07. The van der Waals surface area contributed by atoms with Gasteiger partial charge in [0.2, 0.25) is 10.0 Å². The molecule has 118 valence electrons. The number of benzene rings is 1. The van der Waals surface area contributed by atoms with Crippen molar-refractivity contribution in [2.75, 3.05) is 36.9 Å². The number of hydrogen-bond donors (Lipinski definition) is 2. The van der Waals surface area contributed by atoms with Crippen molar-refractivity contribution in [1.29, 1.82) is 0 Å². The molecule has 1 aliphatic heterocycles. The summed E-state index contributed by atoms with van der Waals surface area (Å²) >= 11 is 0. The maximum Gasteiger partial charge on any atom is 0.240 e. The Morgan fingerprint density at radius 1 is 1.43 bits per heavy atom. The summed E-state index contributed by atoms with van der Waals surface area (Å²) < 4.78 is 32.4. The summed E-state index contributed by atoms with van der Waals surface area (Å²) in [6.07, 6.45) is 0. The monoisotopic (exact) mass is 313 g/mol. The smallest absolute Gasteiger partial charge is 0.240 e. The predicted molar refractivity (Wildman–Crippen MR) is 84.0 cm³/mol. The van der Waals surface area contributed by atoms with Gasteiger partial charge in [-0.25, -0.2) is 13.1 Å². The van der Waals surface area contributed by atoms with Crippen LogP contribution in [-0.4, -0.2) is 40.3 Å². The maximum atomic E-state index is 12.1. The first-order chi connectivity index (χ1) is 9.75. The molecule has 1 saturated heterocycles. The van der Waals surface area contributed by atoms with Crippen LogP contribution in [0.15, 0.2) is 23.1 Å². The number of nitrogens with zero attached hydrogens (tertiary/aromatic N) is 1. The molecule has 2 rings (SSSR count). The molecule has 0 saturated carbocycles. The Bertz CT molecular complexity index is 614. The van der Waals surface area contributed by atoms with Crippen LogP contribution in [0.5, 0.6) is 0 Å². The van der Waals surface area contributed by atoms with E-state index in [0.717, 1.165) is 5.69 Å². The summed E-state index contributed by atoms with van der Waals surface area (Å²) in [7, 11) is -3.48. The zero-order chi connectivity index (χ0) is 15.7. The van der Waals surface area contributed by atoms with Gasteiger partial charge >= 0.3 is 0 Å². The summed E-state index contributed by atoms with van der Waals surface area (Å²) in [6, 6.07) is 4.80. The first kappa shape index (κ1) is 16.1. The van der Waals surface area contributed by atoms with Crippen molar-refractivity contribution in [2.45, 2.75) is 31.3 Å². The first-order valence-electron chi connectivity index (χ1n) is 7.03. The van der Waals surface area contributed by atoms with Crippen molar-refractivity contribution >= 4 is 21.4 Å². The highest BCUT2D eigenvalue weighted by molar-refractivity contribution is 7.89. The van der Waals surface area contributed by atoms with Gasteiger partial charge in [0.25, 0.3) is 0 Å². The lowest BCUT2D eigenvalue weighted by Gasteiger charge is -2.40. The molecule has 3 N–H and O–H groups in total. The number of nitrogen functional groups attached to an aromatic ring is 1. The normalized spacial score (nSPS) is 18.7. The van der Waals surface area contributed by atoms with Gasteiger partial charge in [-0.05, 0) is 32.0 Å². The molecule has 0 spiro atoms. The van der Waals surface area contributed by atoms with E-state index in [1.54, 1.807) is 19.1 Å². The van der Waals surface area contributed by atoms with Crippen LogP contribution in [0.1, 0.15) is 20.8 Å². The third-order valence-corrected chi connectivity index (χ3v) is 4.96. The van der Waals surface area contributed by atoms with Gasteiger partial charge in [0.1, 0.15) is 0 Å². The van der Waals surface area contributed by atoms with Crippen LogP contribution in [0.4, 0.5) is 11.4 Å². The van der Waals surface area contributed by atoms with Crippen molar-refractivity contribution in [3.8, 4) is 0 Å². The van der Waals surface area contributed by atoms with Gasteiger partial charge in [-0.3, -0.25) is 0 Å². The molecule has 0 radical (unpaired) electrons. The number of ether oxygens (including phenoxy) is 1. The van der Waals surface area contributed by atoms with Gasteiger partial charge in [0.15, 0.2) is 0 Å². The van der Waals surface area contributed by atoms with E-state index in [1.165, 1.54) is 6.07 Å². The van der Waals surface area contributed by atoms with Crippen LogP contribution in [0.25, 0.3) is 0 Å². The van der Waals surface area contributed by atoms with Crippen LogP contribution < -0.4 is 15.4 Å². The summed E-state index contributed by atoms with van der Waals surface area (Å²) in [6.45, 7) is 8.08. The Labute approximate surface area is 126 Å². The number of sulfonamides is 1. The largest absolute Gasteiger partial charge is 0.397 e. The molecular formula is C14H23N3O3S. The number of nitrogens with one attached hydrogen (secondary N) is 1. The SMILES string of the molecule is CCNS(=O)(=O)c1ccc(N)c(N2CCOC(C)(C)C2)c1. The minimum absolute atomic E-state index is 0.234. The fourth-order valence-corrected chi connectivity index (χ4v) is 3.52. The molecule has 0 amide bonds. The molecule has 7 heteroatoms. The van der Waals surface area contributed by atoms with Crippen molar-refractivity contribution in [3.05, 3.63) is 18.2 Å². The van der Waals surface area contributed by atoms with E-state index in [1.807, 2.05) is 13.8 Å². The number of rotatable bonds is 4. The van der Waals surface area contributed by atoms with Gasteiger partial charge in [-0.1, -0.05) is 6.92 Å². The molecule has 0 aliphatic carbocycles. The maximum absolute atomic E-state index is 12.1. The molecule has 6 nitrogen and oxygen atoms in total. The molecule has 1 heterocycles. The topological polar surface area (TPSA) is 84.7 Å². The van der Waals surface area contributed by atoms with E-state index in [9.17, 15) is 8.42 Å². The summed E-state index contributed by atoms with van der Waals surface area (Å²) in [5.74, 6) is 0. The molecule has 21 heavy (non-hydrogen) atoms. The number of morpholine rings is 1. The Balaban J connectivity index is 2.36. The Morgan fingerprint density at radius 2 is 2.14 bits per heavy atom. The van der Waals surface area contributed by atoms with E-state index in [4.69, 9.17) is 10.5 Å². The van der Waals surface area contributed by atoms with Gasteiger partial charge in [-0.2, -0.15) is 0 Å². The fraction of sp³-hybridized carbons (Fsp3) is 0.571. The third kappa shape index (κ3) is 3.66. The third-order valence-electron chi connectivity index (χ3n) is 3.41. The molecule has 1 aliphatic rings. The first-order valence-corrected chi connectivity index (χ1v) is 8.51. The lowest BCUT2D eigenvalue weighted by molar-refractivity contribution is -0.0276. The van der Waals surface area contributed by atoms with Crippen LogP contribution in [0.2, 0.25) is 0 Å². The average molecular weight is 313 g/mol. The van der Waals surface area contributed by atoms with E-state index in [-0.39, 0.29) is 10.5 Å². The molecule has 0 unspecified atom stereocenters. The van der Waals surface area contributed by atoms with E-state index in [2.05, 4.69) is 9.62 Å². The van der Waals surface area contributed by atoms with Crippen molar-refractivity contribution in [3.63, 3.8) is 0 Å². The lowest BCUT2D eigenvalue weighted by atomic mass is 10.1. The average Bonchev–Trinajstić information content (AvgIpc) is 2.37. The molecule has 1 fully saturated rings. The van der Waals surface area contributed by atoms with Gasteiger partial charge in [0.05, 0.1) is 28.5 Å². The van der Waals surface area contributed by atoms with E-state index >= 15 is 0 Å².